The maximum Gasteiger partial charge on any atom is 0.250 e. The van der Waals surface area contributed by atoms with Crippen molar-refractivity contribution in [1.29, 1.82) is 0 Å². The van der Waals surface area contributed by atoms with Crippen LogP contribution in [0, 0.1) is 6.92 Å². The van der Waals surface area contributed by atoms with Gasteiger partial charge in [0, 0.05) is 18.8 Å². The summed E-state index contributed by atoms with van der Waals surface area (Å²) in [7, 11) is 0. The fourth-order valence-corrected chi connectivity index (χ4v) is 1.56. The molecular weight excluding hydrogens is 218 g/mol. The minimum absolute atomic E-state index is 0.0755. The van der Waals surface area contributed by atoms with Crippen molar-refractivity contribution in [2.24, 2.45) is 0 Å². The van der Waals surface area contributed by atoms with Gasteiger partial charge in [-0.05, 0) is 26.0 Å². The van der Waals surface area contributed by atoms with E-state index in [4.69, 9.17) is 4.74 Å². The number of hydrogen-bond acceptors (Lipinski definition) is 4. The monoisotopic (exact) mass is 235 g/mol. The third-order valence-corrected chi connectivity index (χ3v) is 2.74. The highest BCUT2D eigenvalue weighted by Crippen LogP contribution is 2.15. The van der Waals surface area contributed by atoms with Gasteiger partial charge in [0.15, 0.2) is 0 Å². The number of pyridine rings is 1. The summed E-state index contributed by atoms with van der Waals surface area (Å²) in [5, 5.41) is 5.86. The van der Waals surface area contributed by atoms with Crippen LogP contribution in [-0.2, 0) is 9.53 Å². The maximum absolute atomic E-state index is 11.6. The van der Waals surface area contributed by atoms with Gasteiger partial charge in [-0.2, -0.15) is 0 Å². The van der Waals surface area contributed by atoms with Crippen LogP contribution in [0.4, 0.5) is 5.69 Å². The van der Waals surface area contributed by atoms with Crippen LogP contribution in [0.5, 0.6) is 0 Å². The maximum atomic E-state index is 11.6. The van der Waals surface area contributed by atoms with Crippen molar-refractivity contribution < 1.29 is 9.53 Å². The molecule has 1 fully saturated rings. The normalized spacial score (nSPS) is 17.3. The molecule has 0 saturated carbocycles. The number of ether oxygens (including phenoxy) is 1. The molecule has 0 radical (unpaired) electrons. The number of aromatic nitrogens is 1. The van der Waals surface area contributed by atoms with Crippen molar-refractivity contribution in [3.8, 4) is 0 Å². The van der Waals surface area contributed by atoms with Crippen molar-refractivity contribution in [3.63, 3.8) is 0 Å². The van der Waals surface area contributed by atoms with Crippen LogP contribution in [0.15, 0.2) is 18.3 Å². The van der Waals surface area contributed by atoms with Gasteiger partial charge in [0.05, 0.1) is 17.5 Å². The summed E-state index contributed by atoms with van der Waals surface area (Å²) in [6.07, 6.45) is 1.64. The molecule has 1 amide bonds. The lowest BCUT2D eigenvalue weighted by atomic mass is 10.0. The molecule has 5 heteroatoms. The van der Waals surface area contributed by atoms with Crippen molar-refractivity contribution in [3.05, 3.63) is 24.0 Å². The molecule has 0 aromatic carbocycles. The number of hydrogen-bond donors (Lipinski definition) is 2. The van der Waals surface area contributed by atoms with Crippen LogP contribution >= 0.6 is 0 Å². The van der Waals surface area contributed by atoms with Crippen LogP contribution in [0.25, 0.3) is 0 Å². The number of carbonyl (C=O) groups is 1. The van der Waals surface area contributed by atoms with Gasteiger partial charge in [-0.25, -0.2) is 0 Å². The zero-order chi connectivity index (χ0) is 12.3. The standard InChI is InChI=1S/C12H17N3O2/c1-9-3-4-10(5-14-9)15-11(16)6-17-12(2)7-13-8-12/h3-5,13H,6-8H2,1-2H3,(H,15,16). The van der Waals surface area contributed by atoms with E-state index in [9.17, 15) is 4.79 Å². The minimum atomic E-state index is -0.192. The van der Waals surface area contributed by atoms with E-state index < -0.39 is 0 Å². The fraction of sp³-hybridized carbons (Fsp3) is 0.500. The van der Waals surface area contributed by atoms with E-state index in [0.29, 0.717) is 5.69 Å². The van der Waals surface area contributed by atoms with E-state index in [1.807, 2.05) is 26.0 Å². The molecule has 2 heterocycles. The van der Waals surface area contributed by atoms with E-state index in [-0.39, 0.29) is 18.1 Å². The van der Waals surface area contributed by atoms with Crippen molar-refractivity contribution in [2.75, 3.05) is 25.0 Å². The molecule has 5 nitrogen and oxygen atoms in total. The highest BCUT2D eigenvalue weighted by atomic mass is 16.5. The second-order valence-corrected chi connectivity index (χ2v) is 4.58. The zero-order valence-corrected chi connectivity index (χ0v) is 10.1. The molecule has 1 aliphatic heterocycles. The van der Waals surface area contributed by atoms with Gasteiger partial charge in [0.1, 0.15) is 6.61 Å². The molecule has 1 aromatic heterocycles. The number of nitrogens with zero attached hydrogens (tertiary/aromatic N) is 1. The number of anilines is 1. The predicted molar refractivity (Wildman–Crippen MR) is 64.8 cm³/mol. The largest absolute Gasteiger partial charge is 0.363 e. The highest BCUT2D eigenvalue weighted by Gasteiger charge is 2.32. The second kappa shape index (κ2) is 4.81. The summed E-state index contributed by atoms with van der Waals surface area (Å²) < 4.78 is 5.53. The number of carbonyl (C=O) groups excluding carboxylic acids is 1. The summed E-state index contributed by atoms with van der Waals surface area (Å²) >= 11 is 0. The third-order valence-electron chi connectivity index (χ3n) is 2.74. The van der Waals surface area contributed by atoms with Crippen LogP contribution < -0.4 is 10.6 Å². The van der Waals surface area contributed by atoms with Crippen LogP contribution in [0.2, 0.25) is 0 Å². The topological polar surface area (TPSA) is 63.2 Å². The Morgan fingerprint density at radius 3 is 2.88 bits per heavy atom. The van der Waals surface area contributed by atoms with E-state index in [0.717, 1.165) is 18.8 Å². The lowest BCUT2D eigenvalue weighted by molar-refractivity contribution is -0.130. The van der Waals surface area contributed by atoms with Crippen LogP contribution in [-0.4, -0.2) is 36.2 Å². The average molecular weight is 235 g/mol. The van der Waals surface area contributed by atoms with E-state index in [2.05, 4.69) is 15.6 Å². The van der Waals surface area contributed by atoms with Crippen molar-refractivity contribution in [1.82, 2.24) is 10.3 Å². The molecule has 92 valence electrons. The molecule has 0 atom stereocenters. The zero-order valence-electron chi connectivity index (χ0n) is 10.1. The summed E-state index contributed by atoms with van der Waals surface area (Å²) in [6, 6.07) is 3.68. The molecule has 2 rings (SSSR count). The Morgan fingerprint density at radius 2 is 2.35 bits per heavy atom. The molecule has 0 bridgehead atoms. The SMILES string of the molecule is Cc1ccc(NC(=O)COC2(C)CNC2)cn1. The Bertz CT molecular complexity index is 399. The Hall–Kier alpha value is -1.46. The minimum Gasteiger partial charge on any atom is -0.363 e. The first-order valence-corrected chi connectivity index (χ1v) is 5.65. The van der Waals surface area contributed by atoms with E-state index in [1.54, 1.807) is 6.20 Å². The van der Waals surface area contributed by atoms with Gasteiger partial charge in [0.25, 0.3) is 0 Å². The van der Waals surface area contributed by atoms with Gasteiger partial charge in [-0.3, -0.25) is 9.78 Å². The number of amides is 1. The summed E-state index contributed by atoms with van der Waals surface area (Å²) in [5.41, 5.74) is 1.43. The average Bonchev–Trinajstić information content (AvgIpc) is 2.27. The summed E-state index contributed by atoms with van der Waals surface area (Å²) in [4.78, 5) is 15.7. The first-order chi connectivity index (χ1) is 8.07. The third kappa shape index (κ3) is 3.25. The molecule has 2 N–H and O–H groups in total. The van der Waals surface area contributed by atoms with Gasteiger partial charge < -0.3 is 15.4 Å². The highest BCUT2D eigenvalue weighted by molar-refractivity contribution is 5.91. The number of nitrogens with one attached hydrogen (secondary N) is 2. The first-order valence-electron chi connectivity index (χ1n) is 5.65. The van der Waals surface area contributed by atoms with Gasteiger partial charge >= 0.3 is 0 Å². The molecule has 1 aromatic rings. The predicted octanol–water partition coefficient (Wildman–Crippen LogP) is 0.707. The Morgan fingerprint density at radius 1 is 1.59 bits per heavy atom. The molecule has 1 aliphatic rings. The molecule has 1 saturated heterocycles. The van der Waals surface area contributed by atoms with Gasteiger partial charge in [-0.15, -0.1) is 0 Å². The second-order valence-electron chi connectivity index (χ2n) is 4.58. The van der Waals surface area contributed by atoms with Gasteiger partial charge in [-0.1, -0.05) is 0 Å². The Balaban J connectivity index is 1.79. The smallest absolute Gasteiger partial charge is 0.250 e. The lowest BCUT2D eigenvalue weighted by Gasteiger charge is -2.38. The Kier molecular flexibility index (Phi) is 3.40. The molecular formula is C12H17N3O2. The van der Waals surface area contributed by atoms with Crippen molar-refractivity contribution in [2.45, 2.75) is 19.4 Å². The summed E-state index contributed by atoms with van der Waals surface area (Å²) in [6.45, 7) is 5.56. The Labute approximate surface area is 101 Å². The first kappa shape index (κ1) is 12.0. The lowest BCUT2D eigenvalue weighted by Crippen LogP contribution is -2.59. The molecule has 0 aliphatic carbocycles. The van der Waals surface area contributed by atoms with Crippen LogP contribution in [0.3, 0.4) is 0 Å². The number of aryl methyl sites for hydroxylation is 1. The molecule has 17 heavy (non-hydrogen) atoms. The molecule has 0 spiro atoms. The fourth-order valence-electron chi connectivity index (χ4n) is 1.56. The van der Waals surface area contributed by atoms with Gasteiger partial charge in [0.2, 0.25) is 5.91 Å². The van der Waals surface area contributed by atoms with E-state index >= 15 is 0 Å². The van der Waals surface area contributed by atoms with E-state index in [1.165, 1.54) is 0 Å². The quantitative estimate of drug-likeness (QED) is 0.806. The van der Waals surface area contributed by atoms with Crippen LogP contribution in [0.1, 0.15) is 12.6 Å². The van der Waals surface area contributed by atoms with Crippen molar-refractivity contribution >= 4 is 11.6 Å². The number of rotatable bonds is 4. The molecule has 0 unspecified atom stereocenters. The summed E-state index contributed by atoms with van der Waals surface area (Å²) in [5.74, 6) is -0.149.